The molecule has 5 nitrogen and oxygen atoms in total. The average molecular weight is 328 g/mol. The van der Waals surface area contributed by atoms with Crippen LogP contribution in [0, 0.1) is 0 Å². The average Bonchev–Trinajstić information content (AvgIpc) is 2.55. The number of benzene rings is 2. The van der Waals surface area contributed by atoms with Crippen molar-refractivity contribution in [2.75, 3.05) is 5.32 Å². The van der Waals surface area contributed by atoms with Crippen molar-refractivity contribution in [1.82, 2.24) is 9.97 Å². The number of nitrogens with one attached hydrogen (secondary N) is 1. The summed E-state index contributed by atoms with van der Waals surface area (Å²) < 4.78 is 0. The topological polar surface area (TPSA) is 75.1 Å². The van der Waals surface area contributed by atoms with Gasteiger partial charge in [0, 0.05) is 16.0 Å². The molecule has 0 aliphatic heterocycles. The van der Waals surface area contributed by atoms with E-state index >= 15 is 0 Å². The van der Waals surface area contributed by atoms with Gasteiger partial charge in [0.05, 0.1) is 5.52 Å². The summed E-state index contributed by atoms with van der Waals surface area (Å²) in [6.45, 7) is 1.57. The maximum absolute atomic E-state index is 11.1. The van der Waals surface area contributed by atoms with Gasteiger partial charge in [0.25, 0.3) is 0 Å². The van der Waals surface area contributed by atoms with Crippen LogP contribution in [0.3, 0.4) is 0 Å². The first-order valence-corrected chi connectivity index (χ1v) is 7.44. The van der Waals surface area contributed by atoms with Crippen molar-refractivity contribution in [3.63, 3.8) is 0 Å². The lowest BCUT2D eigenvalue weighted by atomic mass is 10.1. The van der Waals surface area contributed by atoms with Gasteiger partial charge in [0.15, 0.2) is 5.82 Å². The number of para-hydroxylation sites is 1. The van der Waals surface area contributed by atoms with Crippen molar-refractivity contribution >= 4 is 34.3 Å². The fourth-order valence-corrected chi connectivity index (χ4v) is 2.31. The van der Waals surface area contributed by atoms with E-state index in [1.807, 2.05) is 36.4 Å². The molecule has 0 aliphatic rings. The third kappa shape index (κ3) is 3.24. The minimum Gasteiger partial charge on any atom is -0.480 e. The quantitative estimate of drug-likeness (QED) is 0.761. The van der Waals surface area contributed by atoms with Gasteiger partial charge in [-0.1, -0.05) is 23.7 Å². The number of carbonyl (C=O) groups is 1. The summed E-state index contributed by atoms with van der Waals surface area (Å²) in [6.07, 6.45) is 0. The van der Waals surface area contributed by atoms with Crippen LogP contribution in [0.1, 0.15) is 6.92 Å². The number of anilines is 1. The van der Waals surface area contributed by atoms with Gasteiger partial charge in [-0.15, -0.1) is 0 Å². The molecule has 116 valence electrons. The van der Waals surface area contributed by atoms with E-state index in [1.54, 1.807) is 19.1 Å². The molecule has 0 spiro atoms. The highest BCUT2D eigenvalue weighted by Gasteiger charge is 2.15. The van der Waals surface area contributed by atoms with E-state index in [-0.39, 0.29) is 0 Å². The normalized spacial score (nSPS) is 12.1. The first-order chi connectivity index (χ1) is 11.0. The van der Waals surface area contributed by atoms with Crippen molar-refractivity contribution in [3.8, 4) is 11.4 Å². The number of hydrogen-bond donors (Lipinski definition) is 2. The Morgan fingerprint density at radius 2 is 1.83 bits per heavy atom. The van der Waals surface area contributed by atoms with Gasteiger partial charge in [0.1, 0.15) is 11.9 Å². The number of nitrogens with zero attached hydrogens (tertiary/aromatic N) is 2. The molecule has 0 radical (unpaired) electrons. The Hall–Kier alpha value is -2.66. The summed E-state index contributed by atoms with van der Waals surface area (Å²) in [7, 11) is 0. The minimum absolute atomic E-state index is 0.496. The molecule has 1 aromatic heterocycles. The van der Waals surface area contributed by atoms with E-state index in [0.717, 1.165) is 16.5 Å². The first-order valence-electron chi connectivity index (χ1n) is 7.06. The van der Waals surface area contributed by atoms with Crippen LogP contribution < -0.4 is 5.32 Å². The largest absolute Gasteiger partial charge is 0.480 e. The molecule has 0 amide bonds. The van der Waals surface area contributed by atoms with Crippen molar-refractivity contribution in [1.29, 1.82) is 0 Å². The number of carboxylic acids is 1. The molecule has 3 aromatic rings. The number of halogens is 1. The Labute approximate surface area is 138 Å². The number of aromatic nitrogens is 2. The molecule has 0 bridgehead atoms. The molecule has 0 aliphatic carbocycles. The Morgan fingerprint density at radius 1 is 1.13 bits per heavy atom. The molecule has 3 rings (SSSR count). The summed E-state index contributed by atoms with van der Waals surface area (Å²) in [6, 6.07) is 13.9. The monoisotopic (exact) mass is 327 g/mol. The van der Waals surface area contributed by atoms with Crippen LogP contribution in [-0.2, 0) is 4.79 Å². The molecule has 0 fully saturated rings. The second kappa shape index (κ2) is 6.22. The summed E-state index contributed by atoms with van der Waals surface area (Å²) in [5.41, 5.74) is 1.55. The zero-order valence-electron chi connectivity index (χ0n) is 12.3. The van der Waals surface area contributed by atoms with E-state index in [1.165, 1.54) is 0 Å². The van der Waals surface area contributed by atoms with Gasteiger partial charge in [-0.05, 0) is 43.3 Å². The fourth-order valence-electron chi connectivity index (χ4n) is 2.18. The Balaban J connectivity index is 2.13. The zero-order chi connectivity index (χ0) is 16.4. The third-order valence-electron chi connectivity index (χ3n) is 3.43. The van der Waals surface area contributed by atoms with Crippen LogP contribution in [0.25, 0.3) is 22.3 Å². The van der Waals surface area contributed by atoms with Crippen molar-refractivity contribution in [3.05, 3.63) is 53.6 Å². The van der Waals surface area contributed by atoms with Gasteiger partial charge < -0.3 is 10.4 Å². The molecule has 2 N–H and O–H groups in total. The second-order valence-electron chi connectivity index (χ2n) is 5.12. The number of rotatable bonds is 4. The lowest BCUT2D eigenvalue weighted by molar-refractivity contribution is -0.137. The van der Waals surface area contributed by atoms with Crippen LogP contribution in [0.2, 0.25) is 5.02 Å². The maximum atomic E-state index is 11.1. The van der Waals surface area contributed by atoms with Crippen LogP contribution in [0.15, 0.2) is 48.5 Å². The smallest absolute Gasteiger partial charge is 0.325 e. The fraction of sp³-hybridized carbons (Fsp3) is 0.118. The summed E-state index contributed by atoms with van der Waals surface area (Å²) in [5.74, 6) is 0.0663. The lowest BCUT2D eigenvalue weighted by Gasteiger charge is -2.13. The lowest BCUT2D eigenvalue weighted by Crippen LogP contribution is -2.26. The van der Waals surface area contributed by atoms with Crippen molar-refractivity contribution in [2.24, 2.45) is 0 Å². The summed E-state index contributed by atoms with van der Waals surface area (Å²) in [4.78, 5) is 20.2. The van der Waals surface area contributed by atoms with Gasteiger partial charge in [-0.25, -0.2) is 9.97 Å². The molecule has 1 heterocycles. The third-order valence-corrected chi connectivity index (χ3v) is 3.68. The minimum atomic E-state index is -0.944. The van der Waals surface area contributed by atoms with Crippen LogP contribution in [0.4, 0.5) is 5.82 Å². The molecular weight excluding hydrogens is 314 g/mol. The molecule has 2 aromatic carbocycles. The van der Waals surface area contributed by atoms with Crippen LogP contribution >= 0.6 is 11.6 Å². The molecule has 0 saturated carbocycles. The zero-order valence-corrected chi connectivity index (χ0v) is 13.1. The van der Waals surface area contributed by atoms with E-state index in [4.69, 9.17) is 16.7 Å². The van der Waals surface area contributed by atoms with E-state index in [0.29, 0.717) is 16.7 Å². The molecule has 0 unspecified atom stereocenters. The second-order valence-corrected chi connectivity index (χ2v) is 5.56. The Kier molecular flexibility index (Phi) is 4.12. The Morgan fingerprint density at radius 3 is 2.52 bits per heavy atom. The molecule has 1 atom stereocenters. The number of carboxylic acid groups (broad SMARTS) is 1. The molecule has 6 heteroatoms. The van der Waals surface area contributed by atoms with Crippen molar-refractivity contribution in [2.45, 2.75) is 13.0 Å². The van der Waals surface area contributed by atoms with E-state index in [9.17, 15) is 4.79 Å². The van der Waals surface area contributed by atoms with Gasteiger partial charge in [0.2, 0.25) is 0 Å². The highest BCUT2D eigenvalue weighted by molar-refractivity contribution is 6.30. The number of hydrogen-bond acceptors (Lipinski definition) is 4. The highest BCUT2D eigenvalue weighted by atomic mass is 35.5. The van der Waals surface area contributed by atoms with Gasteiger partial charge in [-0.3, -0.25) is 4.79 Å². The SMILES string of the molecule is C[C@H](Nc1nc(-c2ccc(Cl)cc2)nc2ccccc12)C(=O)O. The predicted octanol–water partition coefficient (Wildman–Crippen LogP) is 3.84. The predicted molar refractivity (Wildman–Crippen MR) is 90.7 cm³/mol. The van der Waals surface area contributed by atoms with Crippen molar-refractivity contribution < 1.29 is 9.90 Å². The highest BCUT2D eigenvalue weighted by Crippen LogP contribution is 2.26. The summed E-state index contributed by atoms with van der Waals surface area (Å²) >= 11 is 5.91. The standard InChI is InChI=1S/C17H14ClN3O2/c1-10(17(22)23)19-16-13-4-2-3-5-14(13)20-15(21-16)11-6-8-12(18)9-7-11/h2-10H,1H3,(H,22,23)(H,19,20,21)/t10-/m0/s1. The molecule has 23 heavy (non-hydrogen) atoms. The van der Waals surface area contributed by atoms with E-state index < -0.39 is 12.0 Å². The number of fused-ring (bicyclic) bond motifs is 1. The van der Waals surface area contributed by atoms with E-state index in [2.05, 4.69) is 15.3 Å². The van der Waals surface area contributed by atoms with Gasteiger partial charge in [-0.2, -0.15) is 0 Å². The molecule has 0 saturated heterocycles. The maximum Gasteiger partial charge on any atom is 0.325 e. The number of aliphatic carboxylic acids is 1. The Bertz CT molecular complexity index is 865. The van der Waals surface area contributed by atoms with Crippen LogP contribution in [-0.4, -0.2) is 27.1 Å². The first kappa shape index (κ1) is 15.2. The van der Waals surface area contributed by atoms with Crippen LogP contribution in [0.5, 0.6) is 0 Å². The van der Waals surface area contributed by atoms with Gasteiger partial charge >= 0.3 is 5.97 Å². The summed E-state index contributed by atoms with van der Waals surface area (Å²) in [5, 5.41) is 13.4. The molecular formula is C17H14ClN3O2.